The van der Waals surface area contributed by atoms with Crippen LogP contribution in [0.1, 0.15) is 30.0 Å². The Morgan fingerprint density at radius 1 is 1.14 bits per heavy atom. The molecule has 1 N–H and O–H groups in total. The molecule has 0 amide bonds. The van der Waals surface area contributed by atoms with E-state index in [9.17, 15) is 0 Å². The van der Waals surface area contributed by atoms with Crippen LogP contribution < -0.4 is 10.1 Å². The molecule has 0 unspecified atom stereocenters. The van der Waals surface area contributed by atoms with Gasteiger partial charge in [-0.25, -0.2) is 0 Å². The summed E-state index contributed by atoms with van der Waals surface area (Å²) in [6, 6.07) is 10.4. The number of benzene rings is 1. The highest BCUT2D eigenvalue weighted by Crippen LogP contribution is 2.23. The molecule has 112 valence electrons. The summed E-state index contributed by atoms with van der Waals surface area (Å²) in [4.78, 5) is 4.03. The van der Waals surface area contributed by atoms with Gasteiger partial charge >= 0.3 is 0 Å². The van der Waals surface area contributed by atoms with Crippen molar-refractivity contribution in [3.8, 4) is 5.75 Å². The third-order valence-electron chi connectivity index (χ3n) is 3.42. The second-order valence-corrected chi connectivity index (χ2v) is 5.19. The minimum atomic E-state index is 0.690. The molecule has 0 spiro atoms. The van der Waals surface area contributed by atoms with Crippen LogP contribution >= 0.6 is 0 Å². The maximum absolute atomic E-state index is 6.04. The predicted molar refractivity (Wildman–Crippen MR) is 86.6 cm³/mol. The largest absolute Gasteiger partial charge is 0.493 e. The lowest BCUT2D eigenvalue weighted by Crippen LogP contribution is -2.15. The van der Waals surface area contributed by atoms with Crippen LogP contribution in [0.4, 0.5) is 0 Å². The molecule has 3 nitrogen and oxygen atoms in total. The van der Waals surface area contributed by atoms with Gasteiger partial charge in [-0.2, -0.15) is 0 Å². The second-order valence-electron chi connectivity index (χ2n) is 5.19. The molecule has 0 aliphatic carbocycles. The molecule has 0 fully saturated rings. The molecule has 0 saturated carbocycles. The van der Waals surface area contributed by atoms with Gasteiger partial charge in [-0.1, -0.05) is 25.1 Å². The molecular formula is C18H24N2O. The van der Waals surface area contributed by atoms with E-state index in [-0.39, 0.29) is 0 Å². The van der Waals surface area contributed by atoms with Crippen LogP contribution in [-0.4, -0.2) is 18.1 Å². The Balaban J connectivity index is 1.94. The number of aromatic nitrogens is 1. The Labute approximate surface area is 127 Å². The molecular weight excluding hydrogens is 260 g/mol. The average molecular weight is 284 g/mol. The first-order valence-corrected chi connectivity index (χ1v) is 7.62. The zero-order chi connectivity index (χ0) is 14.9. The van der Waals surface area contributed by atoms with Gasteiger partial charge < -0.3 is 10.1 Å². The van der Waals surface area contributed by atoms with E-state index >= 15 is 0 Å². The minimum absolute atomic E-state index is 0.690. The summed E-state index contributed by atoms with van der Waals surface area (Å²) in [6.07, 6.45) is 5.69. The normalized spacial score (nSPS) is 10.6. The van der Waals surface area contributed by atoms with Crippen LogP contribution in [0.5, 0.6) is 5.75 Å². The number of nitrogens with zero attached hydrogens (tertiary/aromatic N) is 1. The molecule has 0 atom stereocenters. The van der Waals surface area contributed by atoms with Crippen molar-refractivity contribution in [2.45, 2.75) is 33.2 Å². The van der Waals surface area contributed by atoms with Gasteiger partial charge in [-0.15, -0.1) is 0 Å². The van der Waals surface area contributed by atoms with Crippen molar-refractivity contribution in [3.05, 3.63) is 59.4 Å². The number of aryl methyl sites for hydroxylation is 1. The van der Waals surface area contributed by atoms with Gasteiger partial charge in [0.25, 0.3) is 0 Å². The van der Waals surface area contributed by atoms with Crippen LogP contribution in [0.3, 0.4) is 0 Å². The highest BCUT2D eigenvalue weighted by Gasteiger charge is 2.06. The average Bonchev–Trinajstić information content (AvgIpc) is 2.51. The quantitative estimate of drug-likeness (QED) is 0.753. The molecule has 0 aliphatic heterocycles. The molecule has 1 heterocycles. The molecule has 1 aromatic heterocycles. The van der Waals surface area contributed by atoms with E-state index in [2.05, 4.69) is 42.3 Å². The van der Waals surface area contributed by atoms with Gasteiger partial charge in [0.2, 0.25) is 0 Å². The number of hydrogen-bond donors (Lipinski definition) is 1. The summed E-state index contributed by atoms with van der Waals surface area (Å²) < 4.78 is 6.04. The Morgan fingerprint density at radius 3 is 2.71 bits per heavy atom. The highest BCUT2D eigenvalue weighted by atomic mass is 16.5. The number of ether oxygens (including phenoxy) is 1. The van der Waals surface area contributed by atoms with Crippen molar-refractivity contribution in [1.82, 2.24) is 10.3 Å². The van der Waals surface area contributed by atoms with E-state index in [0.717, 1.165) is 31.7 Å². The van der Waals surface area contributed by atoms with Gasteiger partial charge in [-0.05, 0) is 43.1 Å². The summed E-state index contributed by atoms with van der Waals surface area (Å²) in [6.45, 7) is 6.86. The molecule has 0 bridgehead atoms. The van der Waals surface area contributed by atoms with E-state index < -0.39 is 0 Å². The molecule has 0 radical (unpaired) electrons. The fourth-order valence-electron chi connectivity index (χ4n) is 2.28. The van der Waals surface area contributed by atoms with Gasteiger partial charge in [0.05, 0.1) is 6.61 Å². The predicted octanol–water partition coefficient (Wildman–Crippen LogP) is 3.51. The lowest BCUT2D eigenvalue weighted by atomic mass is 10.1. The molecule has 2 aromatic rings. The second kappa shape index (κ2) is 8.42. The van der Waals surface area contributed by atoms with Crippen LogP contribution in [0, 0.1) is 6.92 Å². The smallest absolute Gasteiger partial charge is 0.126 e. The minimum Gasteiger partial charge on any atom is -0.493 e. The van der Waals surface area contributed by atoms with Crippen LogP contribution in [0.15, 0.2) is 42.7 Å². The van der Waals surface area contributed by atoms with Crippen molar-refractivity contribution in [2.24, 2.45) is 0 Å². The Bertz CT molecular complexity index is 540. The molecule has 3 heteroatoms. The van der Waals surface area contributed by atoms with E-state index in [1.54, 1.807) is 0 Å². The van der Waals surface area contributed by atoms with Crippen LogP contribution in [0.2, 0.25) is 0 Å². The van der Waals surface area contributed by atoms with Crippen molar-refractivity contribution < 1.29 is 4.74 Å². The highest BCUT2D eigenvalue weighted by molar-refractivity contribution is 5.40. The number of hydrogen-bond acceptors (Lipinski definition) is 3. The first kappa shape index (κ1) is 15.5. The monoisotopic (exact) mass is 284 g/mol. The zero-order valence-electron chi connectivity index (χ0n) is 12.9. The SMILES string of the molecule is CCCNCc1cccc(C)c1OCCc1ccncc1. The Kier molecular flexibility index (Phi) is 6.22. The fraction of sp³-hybridized carbons (Fsp3) is 0.389. The molecule has 0 aliphatic rings. The van der Waals surface area contributed by atoms with Crippen molar-refractivity contribution in [3.63, 3.8) is 0 Å². The van der Waals surface area contributed by atoms with Gasteiger partial charge in [-0.3, -0.25) is 4.98 Å². The zero-order valence-corrected chi connectivity index (χ0v) is 12.9. The number of para-hydroxylation sites is 1. The standard InChI is InChI=1S/C18H24N2O/c1-3-10-20-14-17-6-4-5-15(2)18(17)21-13-9-16-7-11-19-12-8-16/h4-8,11-12,20H,3,9-10,13-14H2,1-2H3. The maximum Gasteiger partial charge on any atom is 0.126 e. The fourth-order valence-corrected chi connectivity index (χ4v) is 2.28. The third kappa shape index (κ3) is 4.87. The van der Waals surface area contributed by atoms with E-state index in [4.69, 9.17) is 4.74 Å². The first-order valence-electron chi connectivity index (χ1n) is 7.62. The molecule has 0 saturated heterocycles. The summed E-state index contributed by atoms with van der Waals surface area (Å²) in [5.41, 5.74) is 3.68. The molecule has 2 rings (SSSR count). The summed E-state index contributed by atoms with van der Waals surface area (Å²) in [7, 11) is 0. The van der Waals surface area contributed by atoms with Crippen molar-refractivity contribution in [2.75, 3.05) is 13.2 Å². The number of nitrogens with one attached hydrogen (secondary N) is 1. The van der Waals surface area contributed by atoms with Crippen LogP contribution in [0.25, 0.3) is 0 Å². The molecule has 1 aromatic carbocycles. The number of pyridine rings is 1. The van der Waals surface area contributed by atoms with Gasteiger partial charge in [0.15, 0.2) is 0 Å². The van der Waals surface area contributed by atoms with E-state index in [0.29, 0.717) is 6.61 Å². The Hall–Kier alpha value is -1.87. The lowest BCUT2D eigenvalue weighted by molar-refractivity contribution is 0.315. The number of rotatable bonds is 8. The third-order valence-corrected chi connectivity index (χ3v) is 3.42. The van der Waals surface area contributed by atoms with Gasteiger partial charge in [0, 0.05) is 30.9 Å². The lowest BCUT2D eigenvalue weighted by Gasteiger charge is -2.14. The maximum atomic E-state index is 6.04. The Morgan fingerprint density at radius 2 is 1.95 bits per heavy atom. The van der Waals surface area contributed by atoms with Crippen molar-refractivity contribution in [1.29, 1.82) is 0 Å². The molecule has 21 heavy (non-hydrogen) atoms. The summed E-state index contributed by atoms with van der Waals surface area (Å²) >= 11 is 0. The topological polar surface area (TPSA) is 34.1 Å². The summed E-state index contributed by atoms with van der Waals surface area (Å²) in [5, 5.41) is 3.44. The van der Waals surface area contributed by atoms with Crippen molar-refractivity contribution >= 4 is 0 Å². The summed E-state index contributed by atoms with van der Waals surface area (Å²) in [5.74, 6) is 1.02. The first-order chi connectivity index (χ1) is 10.3. The van der Waals surface area contributed by atoms with Gasteiger partial charge in [0.1, 0.15) is 5.75 Å². The van der Waals surface area contributed by atoms with E-state index in [1.165, 1.54) is 16.7 Å². The van der Waals surface area contributed by atoms with Crippen LogP contribution in [-0.2, 0) is 13.0 Å². The van der Waals surface area contributed by atoms with E-state index in [1.807, 2.05) is 24.5 Å².